The fraction of sp³-hybridized carbons (Fsp3) is 0.364. The number of hydrogen-bond acceptors (Lipinski definition) is 3. The third-order valence-corrected chi connectivity index (χ3v) is 4.26. The van der Waals surface area contributed by atoms with Gasteiger partial charge in [0.05, 0.1) is 11.4 Å². The third-order valence-electron chi connectivity index (χ3n) is 4.26. The average molecular weight is 335 g/mol. The lowest BCUT2D eigenvalue weighted by atomic mass is 10.1. The van der Waals surface area contributed by atoms with Gasteiger partial charge in [-0.2, -0.15) is 0 Å². The van der Waals surface area contributed by atoms with Gasteiger partial charge in [0, 0.05) is 24.5 Å². The van der Waals surface area contributed by atoms with E-state index in [2.05, 4.69) is 93.2 Å². The fourth-order valence-corrected chi connectivity index (χ4v) is 2.89. The highest BCUT2D eigenvalue weighted by molar-refractivity contribution is 5.74. The van der Waals surface area contributed by atoms with E-state index in [1.807, 2.05) is 12.4 Å². The van der Waals surface area contributed by atoms with E-state index in [4.69, 9.17) is 0 Å². The predicted octanol–water partition coefficient (Wildman–Crippen LogP) is 5.39. The molecule has 2 atom stereocenters. The molecule has 0 aliphatic carbocycles. The van der Waals surface area contributed by atoms with Crippen LogP contribution in [0.25, 0.3) is 0 Å². The molecule has 0 aliphatic rings. The number of nitrogens with zero attached hydrogens (tertiary/aromatic N) is 2. The number of aliphatic imine (C=N–C) groups is 2. The number of para-hydroxylation sites is 2. The zero-order valence-electron chi connectivity index (χ0n) is 16.2. The smallest absolute Gasteiger partial charge is 0.0684 e. The van der Waals surface area contributed by atoms with E-state index < -0.39 is 0 Å². The molecule has 1 N–H and O–H groups in total. The van der Waals surface area contributed by atoms with Crippen molar-refractivity contribution in [3.05, 3.63) is 58.7 Å². The van der Waals surface area contributed by atoms with Crippen LogP contribution in [0.5, 0.6) is 0 Å². The molecule has 2 rings (SSSR count). The Labute approximate surface area is 151 Å². The van der Waals surface area contributed by atoms with Crippen LogP contribution in [0.4, 0.5) is 11.4 Å². The first-order chi connectivity index (χ1) is 11.9. The summed E-state index contributed by atoms with van der Waals surface area (Å²) in [5.41, 5.74) is 6.93. The SMILES string of the molecule is Cc1cccc(C)c1N=CC(C)NC(C)C=Nc1c(C)cccc1C. The van der Waals surface area contributed by atoms with E-state index in [0.29, 0.717) is 0 Å². The molecule has 0 fully saturated rings. The first kappa shape index (κ1) is 19.1. The lowest BCUT2D eigenvalue weighted by Crippen LogP contribution is -2.36. The van der Waals surface area contributed by atoms with Crippen LogP contribution in [0.1, 0.15) is 36.1 Å². The topological polar surface area (TPSA) is 36.8 Å². The van der Waals surface area contributed by atoms with Crippen LogP contribution in [0.3, 0.4) is 0 Å². The van der Waals surface area contributed by atoms with Crippen LogP contribution in [0, 0.1) is 27.7 Å². The average Bonchev–Trinajstić information content (AvgIpc) is 2.54. The number of hydrogen-bond donors (Lipinski definition) is 1. The van der Waals surface area contributed by atoms with Crippen LogP contribution in [-0.2, 0) is 0 Å². The molecular weight excluding hydrogens is 306 g/mol. The van der Waals surface area contributed by atoms with Crippen LogP contribution in [-0.4, -0.2) is 24.5 Å². The molecule has 3 nitrogen and oxygen atoms in total. The Morgan fingerprint density at radius 1 is 0.680 bits per heavy atom. The van der Waals surface area contributed by atoms with Crippen molar-refractivity contribution in [2.75, 3.05) is 0 Å². The molecule has 2 aromatic rings. The highest BCUT2D eigenvalue weighted by Crippen LogP contribution is 2.23. The maximum absolute atomic E-state index is 4.67. The highest BCUT2D eigenvalue weighted by atomic mass is 15.0. The summed E-state index contributed by atoms with van der Waals surface area (Å²) < 4.78 is 0. The van der Waals surface area contributed by atoms with E-state index in [1.165, 1.54) is 22.3 Å². The highest BCUT2D eigenvalue weighted by Gasteiger charge is 2.05. The molecule has 0 spiro atoms. The van der Waals surface area contributed by atoms with Gasteiger partial charge in [-0.25, -0.2) is 0 Å². The maximum Gasteiger partial charge on any atom is 0.0684 e. The van der Waals surface area contributed by atoms with Crippen LogP contribution < -0.4 is 5.32 Å². The van der Waals surface area contributed by atoms with Gasteiger partial charge in [0.2, 0.25) is 0 Å². The first-order valence-electron chi connectivity index (χ1n) is 8.85. The summed E-state index contributed by atoms with van der Waals surface area (Å²) >= 11 is 0. The van der Waals surface area contributed by atoms with Crippen molar-refractivity contribution in [3.63, 3.8) is 0 Å². The standard InChI is InChI=1S/C22H29N3/c1-15-9-7-10-16(2)21(15)23-13-19(5)25-20(6)14-24-22-17(3)11-8-12-18(22)4/h7-14,19-20,25H,1-6H3. The van der Waals surface area contributed by atoms with Crippen LogP contribution in [0.2, 0.25) is 0 Å². The van der Waals surface area contributed by atoms with E-state index in [-0.39, 0.29) is 12.1 Å². The molecule has 2 unspecified atom stereocenters. The largest absolute Gasteiger partial charge is 0.302 e. The van der Waals surface area contributed by atoms with Gasteiger partial charge in [0.15, 0.2) is 0 Å². The summed E-state index contributed by atoms with van der Waals surface area (Å²) in [5.74, 6) is 0. The molecule has 0 saturated heterocycles. The minimum atomic E-state index is 0.165. The fourth-order valence-electron chi connectivity index (χ4n) is 2.89. The first-order valence-corrected chi connectivity index (χ1v) is 8.85. The Bertz CT molecular complexity index is 669. The van der Waals surface area contributed by atoms with Crippen molar-refractivity contribution < 1.29 is 0 Å². The van der Waals surface area contributed by atoms with Gasteiger partial charge in [-0.05, 0) is 63.8 Å². The molecule has 0 amide bonds. The van der Waals surface area contributed by atoms with E-state index in [0.717, 1.165) is 11.4 Å². The Balaban J connectivity index is 1.99. The van der Waals surface area contributed by atoms with Crippen molar-refractivity contribution in [1.82, 2.24) is 5.32 Å². The van der Waals surface area contributed by atoms with Crippen molar-refractivity contribution in [2.45, 2.75) is 53.6 Å². The van der Waals surface area contributed by atoms with Gasteiger partial charge in [-0.3, -0.25) is 9.98 Å². The van der Waals surface area contributed by atoms with Crippen LogP contribution in [0.15, 0.2) is 46.4 Å². The van der Waals surface area contributed by atoms with E-state index in [9.17, 15) is 0 Å². The molecule has 0 heterocycles. The zero-order valence-corrected chi connectivity index (χ0v) is 16.2. The minimum absolute atomic E-state index is 0.165. The van der Waals surface area contributed by atoms with Crippen LogP contribution >= 0.6 is 0 Å². The molecule has 0 saturated carbocycles. The molecule has 25 heavy (non-hydrogen) atoms. The summed E-state index contributed by atoms with van der Waals surface area (Å²) in [7, 11) is 0. The van der Waals surface area contributed by atoms with E-state index >= 15 is 0 Å². The number of aryl methyl sites for hydroxylation is 4. The van der Waals surface area contributed by atoms with Crippen molar-refractivity contribution in [3.8, 4) is 0 Å². The maximum atomic E-state index is 4.67. The second-order valence-corrected chi connectivity index (χ2v) is 6.78. The second-order valence-electron chi connectivity index (χ2n) is 6.78. The normalized spacial score (nSPS) is 14.3. The van der Waals surface area contributed by atoms with Gasteiger partial charge >= 0.3 is 0 Å². The van der Waals surface area contributed by atoms with Crippen molar-refractivity contribution in [2.24, 2.45) is 9.98 Å². The molecule has 132 valence electrons. The minimum Gasteiger partial charge on any atom is -0.302 e. The van der Waals surface area contributed by atoms with Gasteiger partial charge in [-0.1, -0.05) is 36.4 Å². The Kier molecular flexibility index (Phi) is 6.65. The van der Waals surface area contributed by atoms with Gasteiger partial charge < -0.3 is 5.32 Å². The van der Waals surface area contributed by atoms with Crippen molar-refractivity contribution in [1.29, 1.82) is 0 Å². The second kappa shape index (κ2) is 8.72. The monoisotopic (exact) mass is 335 g/mol. The summed E-state index contributed by atoms with van der Waals surface area (Å²) in [6.07, 6.45) is 3.94. The number of benzene rings is 2. The molecule has 3 heteroatoms. The summed E-state index contributed by atoms with van der Waals surface area (Å²) in [6.45, 7) is 12.6. The van der Waals surface area contributed by atoms with Gasteiger partial charge in [0.25, 0.3) is 0 Å². The van der Waals surface area contributed by atoms with E-state index in [1.54, 1.807) is 0 Å². The summed E-state index contributed by atoms with van der Waals surface area (Å²) in [5, 5.41) is 3.50. The summed E-state index contributed by atoms with van der Waals surface area (Å²) in [6, 6.07) is 12.8. The number of nitrogens with one attached hydrogen (secondary N) is 1. The third kappa shape index (κ3) is 5.36. The van der Waals surface area contributed by atoms with Crippen molar-refractivity contribution >= 4 is 23.8 Å². The molecule has 0 aliphatic heterocycles. The Hall–Kier alpha value is -2.26. The number of rotatable bonds is 6. The Morgan fingerprint density at radius 2 is 1.00 bits per heavy atom. The van der Waals surface area contributed by atoms with Gasteiger partial charge in [0.1, 0.15) is 0 Å². The molecule has 0 bridgehead atoms. The quantitative estimate of drug-likeness (QED) is 0.706. The Morgan fingerprint density at radius 3 is 1.32 bits per heavy atom. The molecule has 0 aromatic heterocycles. The zero-order chi connectivity index (χ0) is 18.4. The van der Waals surface area contributed by atoms with Gasteiger partial charge in [-0.15, -0.1) is 0 Å². The lowest BCUT2D eigenvalue weighted by Gasteiger charge is -2.14. The summed E-state index contributed by atoms with van der Waals surface area (Å²) in [4.78, 5) is 9.35. The predicted molar refractivity (Wildman–Crippen MR) is 110 cm³/mol. The lowest BCUT2D eigenvalue weighted by molar-refractivity contribution is 0.641. The molecule has 2 aromatic carbocycles. The molecular formula is C22H29N3. The molecule has 0 radical (unpaired) electrons.